The molecule has 0 aliphatic carbocycles. The number of amides is 1. The quantitative estimate of drug-likeness (QED) is 0.933. The Morgan fingerprint density at radius 1 is 1.53 bits per heavy atom. The molecule has 0 spiro atoms. The molecular weight excluding hydrogens is 328 g/mol. The number of hydrogen-bond acceptors (Lipinski definition) is 4. The minimum atomic E-state index is -0.232. The molecule has 1 aromatic carbocycles. The summed E-state index contributed by atoms with van der Waals surface area (Å²) in [6, 6.07) is 4.80. The zero-order valence-electron chi connectivity index (χ0n) is 10.6. The van der Waals surface area contributed by atoms with Crippen LogP contribution in [0.25, 0.3) is 0 Å². The lowest BCUT2D eigenvalue weighted by Gasteiger charge is -2.16. The van der Waals surface area contributed by atoms with Gasteiger partial charge in [-0.1, -0.05) is 15.9 Å². The second-order valence-corrected chi connectivity index (χ2v) is 6.16. The molecule has 1 N–H and O–H groups in total. The van der Waals surface area contributed by atoms with Gasteiger partial charge in [-0.15, -0.1) is 11.3 Å². The van der Waals surface area contributed by atoms with E-state index in [1.54, 1.807) is 30.5 Å². The van der Waals surface area contributed by atoms with Crippen molar-refractivity contribution >= 4 is 33.2 Å². The first kappa shape index (κ1) is 14.0. The number of halogens is 1. The second-order valence-electron chi connectivity index (χ2n) is 4.18. The largest absolute Gasteiger partial charge is 0.507 e. The van der Waals surface area contributed by atoms with E-state index in [1.165, 1.54) is 11.0 Å². The van der Waals surface area contributed by atoms with Gasteiger partial charge in [-0.05, 0) is 25.1 Å². The van der Waals surface area contributed by atoms with Gasteiger partial charge in [-0.3, -0.25) is 4.79 Å². The lowest BCUT2D eigenvalue weighted by Crippen LogP contribution is -2.26. The van der Waals surface area contributed by atoms with Gasteiger partial charge in [0, 0.05) is 16.9 Å². The summed E-state index contributed by atoms with van der Waals surface area (Å²) < 4.78 is 0.756. The topological polar surface area (TPSA) is 53.4 Å². The minimum absolute atomic E-state index is 0.0190. The van der Waals surface area contributed by atoms with Crippen molar-refractivity contribution in [3.8, 4) is 5.75 Å². The predicted molar refractivity (Wildman–Crippen MR) is 78.5 cm³/mol. The smallest absolute Gasteiger partial charge is 0.257 e. The maximum absolute atomic E-state index is 12.2. The van der Waals surface area contributed by atoms with Gasteiger partial charge in [0.25, 0.3) is 5.91 Å². The molecule has 0 unspecified atom stereocenters. The van der Waals surface area contributed by atoms with Crippen molar-refractivity contribution in [3.05, 3.63) is 44.3 Å². The van der Waals surface area contributed by atoms with E-state index in [1.807, 2.05) is 12.3 Å². The molecule has 0 saturated carbocycles. The lowest BCUT2D eigenvalue weighted by atomic mass is 10.2. The fraction of sp³-hybridized carbons (Fsp3) is 0.231. The number of thiazole rings is 1. The Morgan fingerprint density at radius 2 is 2.26 bits per heavy atom. The van der Waals surface area contributed by atoms with Crippen molar-refractivity contribution in [2.45, 2.75) is 13.5 Å². The molecule has 19 heavy (non-hydrogen) atoms. The number of rotatable bonds is 3. The molecule has 2 rings (SSSR count). The van der Waals surface area contributed by atoms with Gasteiger partial charge >= 0.3 is 0 Å². The zero-order chi connectivity index (χ0) is 14.0. The van der Waals surface area contributed by atoms with Gasteiger partial charge in [0.15, 0.2) is 0 Å². The van der Waals surface area contributed by atoms with E-state index in [4.69, 9.17) is 0 Å². The van der Waals surface area contributed by atoms with E-state index in [0.717, 1.165) is 15.2 Å². The number of nitrogens with zero attached hydrogens (tertiary/aromatic N) is 2. The highest BCUT2D eigenvalue weighted by Gasteiger charge is 2.17. The van der Waals surface area contributed by atoms with Gasteiger partial charge < -0.3 is 10.0 Å². The number of aromatic nitrogens is 1. The minimum Gasteiger partial charge on any atom is -0.507 e. The van der Waals surface area contributed by atoms with E-state index in [0.29, 0.717) is 6.54 Å². The molecule has 2 aromatic rings. The maximum atomic E-state index is 12.2. The number of aryl methyl sites for hydroxylation is 1. The van der Waals surface area contributed by atoms with Crippen LogP contribution in [-0.2, 0) is 6.54 Å². The lowest BCUT2D eigenvalue weighted by molar-refractivity contribution is 0.0780. The average molecular weight is 341 g/mol. The Morgan fingerprint density at radius 3 is 2.89 bits per heavy atom. The van der Waals surface area contributed by atoms with Crippen molar-refractivity contribution in [1.82, 2.24) is 9.88 Å². The average Bonchev–Trinajstić information content (AvgIpc) is 2.77. The maximum Gasteiger partial charge on any atom is 0.257 e. The number of phenols is 1. The summed E-state index contributed by atoms with van der Waals surface area (Å²) in [5, 5.41) is 12.6. The fourth-order valence-corrected chi connectivity index (χ4v) is 2.65. The van der Waals surface area contributed by atoms with E-state index in [-0.39, 0.29) is 17.2 Å². The first-order chi connectivity index (χ1) is 8.97. The Kier molecular flexibility index (Phi) is 4.21. The summed E-state index contributed by atoms with van der Waals surface area (Å²) in [6.07, 6.45) is 0. The van der Waals surface area contributed by atoms with E-state index in [9.17, 15) is 9.90 Å². The molecule has 0 aliphatic heterocycles. The molecule has 0 radical (unpaired) electrons. The van der Waals surface area contributed by atoms with Crippen LogP contribution in [0, 0.1) is 6.92 Å². The molecule has 0 saturated heterocycles. The highest BCUT2D eigenvalue weighted by atomic mass is 79.9. The zero-order valence-corrected chi connectivity index (χ0v) is 13.0. The molecule has 100 valence electrons. The number of carbonyl (C=O) groups excluding carboxylic acids is 1. The molecule has 0 bridgehead atoms. The third-order valence-electron chi connectivity index (χ3n) is 2.60. The normalized spacial score (nSPS) is 10.5. The van der Waals surface area contributed by atoms with E-state index < -0.39 is 0 Å². The van der Waals surface area contributed by atoms with Crippen LogP contribution in [0.4, 0.5) is 0 Å². The molecule has 0 atom stereocenters. The van der Waals surface area contributed by atoms with Crippen LogP contribution in [-0.4, -0.2) is 27.9 Å². The number of carbonyl (C=O) groups is 1. The monoisotopic (exact) mass is 340 g/mol. The van der Waals surface area contributed by atoms with Gasteiger partial charge in [0.2, 0.25) is 0 Å². The standard InChI is InChI=1S/C13H13BrN2O2S/c1-8-15-10(7-19-8)6-16(2)13(18)11-5-9(14)3-4-12(11)17/h3-5,7,17H,6H2,1-2H3. The van der Waals surface area contributed by atoms with Crippen molar-refractivity contribution in [1.29, 1.82) is 0 Å². The van der Waals surface area contributed by atoms with E-state index in [2.05, 4.69) is 20.9 Å². The Balaban J connectivity index is 2.16. The SMILES string of the molecule is Cc1nc(CN(C)C(=O)c2cc(Br)ccc2O)cs1. The van der Waals surface area contributed by atoms with Crippen LogP contribution in [0.3, 0.4) is 0 Å². The van der Waals surface area contributed by atoms with E-state index >= 15 is 0 Å². The summed E-state index contributed by atoms with van der Waals surface area (Å²) in [5.41, 5.74) is 1.14. The summed E-state index contributed by atoms with van der Waals surface area (Å²) in [4.78, 5) is 18.1. The summed E-state index contributed by atoms with van der Waals surface area (Å²) in [7, 11) is 1.69. The predicted octanol–water partition coefficient (Wildman–Crippen LogP) is 3.19. The Hall–Kier alpha value is -1.40. The van der Waals surface area contributed by atoms with Crippen LogP contribution >= 0.6 is 27.3 Å². The molecule has 1 aromatic heterocycles. The third kappa shape index (κ3) is 3.33. The molecule has 0 fully saturated rings. The first-order valence-electron chi connectivity index (χ1n) is 5.62. The number of phenolic OH excluding ortho intramolecular Hbond substituents is 1. The van der Waals surface area contributed by atoms with Gasteiger partial charge in [0.1, 0.15) is 5.75 Å². The van der Waals surface area contributed by atoms with Gasteiger partial charge in [0.05, 0.1) is 22.8 Å². The molecule has 4 nitrogen and oxygen atoms in total. The van der Waals surface area contributed by atoms with Crippen LogP contribution in [0.2, 0.25) is 0 Å². The van der Waals surface area contributed by atoms with Crippen molar-refractivity contribution in [3.63, 3.8) is 0 Å². The molecule has 0 aliphatic rings. The van der Waals surface area contributed by atoms with Crippen LogP contribution in [0.5, 0.6) is 5.75 Å². The number of aromatic hydroxyl groups is 1. The highest BCUT2D eigenvalue weighted by Crippen LogP contribution is 2.23. The molecule has 1 heterocycles. The Bertz CT molecular complexity index is 612. The molecule has 1 amide bonds. The van der Waals surface area contributed by atoms with Crippen LogP contribution in [0.1, 0.15) is 21.1 Å². The van der Waals surface area contributed by atoms with Crippen molar-refractivity contribution in [2.75, 3.05) is 7.05 Å². The summed E-state index contributed by atoms with van der Waals surface area (Å²) in [6.45, 7) is 2.35. The van der Waals surface area contributed by atoms with Crippen molar-refractivity contribution in [2.24, 2.45) is 0 Å². The second kappa shape index (κ2) is 5.71. The highest BCUT2D eigenvalue weighted by molar-refractivity contribution is 9.10. The number of benzene rings is 1. The van der Waals surface area contributed by atoms with Gasteiger partial charge in [-0.25, -0.2) is 4.98 Å². The van der Waals surface area contributed by atoms with Gasteiger partial charge in [-0.2, -0.15) is 0 Å². The third-order valence-corrected chi connectivity index (χ3v) is 3.92. The molecular formula is C13H13BrN2O2S. The Labute approximate surface area is 123 Å². The fourth-order valence-electron chi connectivity index (χ4n) is 1.68. The number of hydrogen-bond donors (Lipinski definition) is 1. The van der Waals surface area contributed by atoms with Crippen LogP contribution in [0.15, 0.2) is 28.1 Å². The van der Waals surface area contributed by atoms with Crippen LogP contribution < -0.4 is 0 Å². The van der Waals surface area contributed by atoms with Crippen molar-refractivity contribution < 1.29 is 9.90 Å². The summed E-state index contributed by atoms with van der Waals surface area (Å²) >= 11 is 4.84. The first-order valence-corrected chi connectivity index (χ1v) is 7.29. The molecule has 6 heteroatoms. The summed E-state index contributed by atoms with van der Waals surface area (Å²) in [5.74, 6) is -0.251.